The summed E-state index contributed by atoms with van der Waals surface area (Å²) < 4.78 is 0. The molecule has 1 aromatic carbocycles. The van der Waals surface area contributed by atoms with Gasteiger partial charge in [0, 0.05) is 12.1 Å². The zero-order chi connectivity index (χ0) is 15.6. The number of nitro groups is 1. The summed E-state index contributed by atoms with van der Waals surface area (Å²) in [6.07, 6.45) is 3.24. The van der Waals surface area contributed by atoms with E-state index in [1.807, 2.05) is 0 Å². The van der Waals surface area contributed by atoms with Crippen LogP contribution in [0.2, 0.25) is 5.02 Å². The molecular formula is C13H11ClN2O5. The second-order valence-corrected chi connectivity index (χ2v) is 4.94. The smallest absolute Gasteiger partial charge is 0.310 e. The molecule has 0 aliphatic heterocycles. The Bertz CT molecular complexity index is 643. The molecule has 1 aliphatic rings. The first-order valence-corrected chi connectivity index (χ1v) is 6.43. The predicted molar refractivity (Wildman–Crippen MR) is 74.2 cm³/mol. The van der Waals surface area contributed by atoms with Gasteiger partial charge in [-0.3, -0.25) is 19.7 Å². The quantitative estimate of drug-likeness (QED) is 0.502. The van der Waals surface area contributed by atoms with Gasteiger partial charge in [-0.2, -0.15) is 0 Å². The topological polar surface area (TPSA) is 110 Å². The molecule has 0 saturated heterocycles. The molecule has 0 heterocycles. The molecule has 110 valence electrons. The van der Waals surface area contributed by atoms with E-state index in [0.29, 0.717) is 0 Å². The number of halogens is 1. The van der Waals surface area contributed by atoms with E-state index in [1.165, 1.54) is 24.3 Å². The third-order valence-electron chi connectivity index (χ3n) is 3.13. The summed E-state index contributed by atoms with van der Waals surface area (Å²) >= 11 is 5.86. The van der Waals surface area contributed by atoms with Crippen LogP contribution in [0.1, 0.15) is 16.8 Å². The second kappa shape index (κ2) is 5.92. The number of carboxylic acids is 1. The van der Waals surface area contributed by atoms with E-state index >= 15 is 0 Å². The number of nitro benzene ring substituents is 1. The minimum Gasteiger partial charge on any atom is -0.481 e. The molecular weight excluding hydrogens is 300 g/mol. The van der Waals surface area contributed by atoms with E-state index in [9.17, 15) is 19.7 Å². The summed E-state index contributed by atoms with van der Waals surface area (Å²) in [7, 11) is 0. The number of rotatable bonds is 4. The number of amides is 1. The van der Waals surface area contributed by atoms with Crippen LogP contribution in [0.15, 0.2) is 30.4 Å². The molecule has 0 bridgehead atoms. The van der Waals surface area contributed by atoms with Gasteiger partial charge in [0.15, 0.2) is 0 Å². The standard InChI is InChI=1S/C13H11ClN2O5/c14-9-2-1-3-10(16(20)21)11(9)12(17)15-8-5-4-7(6-8)13(18)19/h1-5,7-8H,6H2,(H,15,17)(H,18,19). The Morgan fingerprint density at radius 3 is 2.67 bits per heavy atom. The lowest BCUT2D eigenvalue weighted by atomic mass is 10.1. The predicted octanol–water partition coefficient (Wildman–Crippen LogP) is 2.01. The number of hydrogen-bond acceptors (Lipinski definition) is 4. The SMILES string of the molecule is O=C(NC1C=CC(C(=O)O)C1)c1c(Cl)cccc1[N+](=O)[O-]. The maximum atomic E-state index is 12.1. The Kier molecular flexibility index (Phi) is 4.23. The Hall–Kier alpha value is -2.41. The van der Waals surface area contributed by atoms with Crippen LogP contribution in [-0.2, 0) is 4.79 Å². The van der Waals surface area contributed by atoms with Crippen molar-refractivity contribution in [3.05, 3.63) is 51.1 Å². The van der Waals surface area contributed by atoms with E-state index in [2.05, 4.69) is 5.32 Å². The number of aliphatic carboxylic acids is 1. The van der Waals surface area contributed by atoms with Crippen molar-refractivity contribution >= 4 is 29.2 Å². The number of nitrogens with zero attached hydrogens (tertiary/aromatic N) is 1. The molecule has 8 heteroatoms. The summed E-state index contributed by atoms with van der Waals surface area (Å²) in [5.74, 6) is -2.35. The zero-order valence-corrected chi connectivity index (χ0v) is 11.4. The largest absolute Gasteiger partial charge is 0.481 e. The summed E-state index contributed by atoms with van der Waals surface area (Å²) in [4.78, 5) is 33.2. The first-order valence-electron chi connectivity index (χ1n) is 6.05. The molecule has 21 heavy (non-hydrogen) atoms. The molecule has 2 atom stereocenters. The van der Waals surface area contributed by atoms with Crippen LogP contribution in [0.4, 0.5) is 5.69 Å². The molecule has 0 aromatic heterocycles. The van der Waals surface area contributed by atoms with Gasteiger partial charge in [0.25, 0.3) is 11.6 Å². The molecule has 0 spiro atoms. The minimum atomic E-state index is -0.980. The van der Waals surface area contributed by atoms with E-state index < -0.39 is 34.4 Å². The summed E-state index contributed by atoms with van der Waals surface area (Å²) in [5, 5.41) is 22.3. The Morgan fingerprint density at radius 1 is 1.38 bits per heavy atom. The van der Waals surface area contributed by atoms with Gasteiger partial charge in [-0.25, -0.2) is 0 Å². The average Bonchev–Trinajstić information content (AvgIpc) is 2.86. The minimum absolute atomic E-state index is 0.0292. The van der Waals surface area contributed by atoms with Gasteiger partial charge in [-0.05, 0) is 12.5 Å². The summed E-state index contributed by atoms with van der Waals surface area (Å²) in [6, 6.07) is 3.46. The van der Waals surface area contributed by atoms with Crippen molar-refractivity contribution in [2.45, 2.75) is 12.5 Å². The number of hydrogen-bond donors (Lipinski definition) is 2. The van der Waals surface area contributed by atoms with Crippen LogP contribution in [0, 0.1) is 16.0 Å². The molecule has 1 aromatic rings. The zero-order valence-electron chi connectivity index (χ0n) is 10.7. The van der Waals surface area contributed by atoms with Gasteiger partial charge >= 0.3 is 5.97 Å². The highest BCUT2D eigenvalue weighted by molar-refractivity contribution is 6.34. The number of carbonyl (C=O) groups is 2. The van der Waals surface area contributed by atoms with Crippen LogP contribution in [0.5, 0.6) is 0 Å². The van der Waals surface area contributed by atoms with E-state index in [0.717, 1.165) is 0 Å². The molecule has 0 saturated carbocycles. The number of carboxylic acid groups (broad SMARTS) is 1. The van der Waals surface area contributed by atoms with Crippen molar-refractivity contribution in [1.82, 2.24) is 5.32 Å². The van der Waals surface area contributed by atoms with E-state index in [1.54, 1.807) is 6.08 Å². The molecule has 7 nitrogen and oxygen atoms in total. The number of carbonyl (C=O) groups excluding carboxylic acids is 1. The van der Waals surface area contributed by atoms with Crippen molar-refractivity contribution in [2.75, 3.05) is 0 Å². The molecule has 1 amide bonds. The van der Waals surface area contributed by atoms with Crippen molar-refractivity contribution in [3.63, 3.8) is 0 Å². The fraction of sp³-hybridized carbons (Fsp3) is 0.231. The fourth-order valence-corrected chi connectivity index (χ4v) is 2.37. The molecule has 2 N–H and O–H groups in total. The lowest BCUT2D eigenvalue weighted by molar-refractivity contribution is -0.385. The molecule has 2 rings (SSSR count). The maximum absolute atomic E-state index is 12.1. The van der Waals surface area contributed by atoms with Crippen molar-refractivity contribution in [3.8, 4) is 0 Å². The Labute approximate surface area is 124 Å². The van der Waals surface area contributed by atoms with Gasteiger partial charge in [0.05, 0.1) is 15.9 Å². The molecule has 0 radical (unpaired) electrons. The van der Waals surface area contributed by atoms with Crippen LogP contribution in [0.3, 0.4) is 0 Å². The monoisotopic (exact) mass is 310 g/mol. The highest BCUT2D eigenvalue weighted by Gasteiger charge is 2.29. The van der Waals surface area contributed by atoms with Crippen LogP contribution >= 0.6 is 11.6 Å². The summed E-state index contributed by atoms with van der Waals surface area (Å²) in [5.41, 5.74) is -0.617. The average molecular weight is 311 g/mol. The van der Waals surface area contributed by atoms with Gasteiger partial charge in [-0.1, -0.05) is 29.8 Å². The lowest BCUT2D eigenvalue weighted by Crippen LogP contribution is -2.33. The van der Waals surface area contributed by atoms with Gasteiger partial charge in [-0.15, -0.1) is 0 Å². The van der Waals surface area contributed by atoms with Gasteiger partial charge < -0.3 is 10.4 Å². The highest BCUT2D eigenvalue weighted by atomic mass is 35.5. The summed E-state index contributed by atoms with van der Waals surface area (Å²) in [6.45, 7) is 0. The number of benzene rings is 1. The normalized spacial score (nSPS) is 20.2. The van der Waals surface area contributed by atoms with Crippen LogP contribution < -0.4 is 5.32 Å². The molecule has 1 aliphatic carbocycles. The lowest BCUT2D eigenvalue weighted by Gasteiger charge is -2.13. The van der Waals surface area contributed by atoms with E-state index in [4.69, 9.17) is 16.7 Å². The molecule has 2 unspecified atom stereocenters. The van der Waals surface area contributed by atoms with Crippen LogP contribution in [0.25, 0.3) is 0 Å². The third kappa shape index (κ3) is 3.19. The second-order valence-electron chi connectivity index (χ2n) is 4.54. The van der Waals surface area contributed by atoms with Crippen molar-refractivity contribution < 1.29 is 19.6 Å². The van der Waals surface area contributed by atoms with Gasteiger partial charge in [0.2, 0.25) is 0 Å². The maximum Gasteiger partial charge on any atom is 0.310 e. The van der Waals surface area contributed by atoms with Crippen molar-refractivity contribution in [2.24, 2.45) is 5.92 Å². The third-order valence-corrected chi connectivity index (χ3v) is 3.45. The first-order chi connectivity index (χ1) is 9.90. The fourth-order valence-electron chi connectivity index (χ4n) is 2.12. The Balaban J connectivity index is 2.17. The van der Waals surface area contributed by atoms with Gasteiger partial charge in [0.1, 0.15) is 5.56 Å². The highest BCUT2D eigenvalue weighted by Crippen LogP contribution is 2.27. The van der Waals surface area contributed by atoms with E-state index in [-0.39, 0.29) is 17.0 Å². The van der Waals surface area contributed by atoms with Crippen LogP contribution in [-0.4, -0.2) is 27.9 Å². The van der Waals surface area contributed by atoms with Crippen molar-refractivity contribution in [1.29, 1.82) is 0 Å². The first kappa shape index (κ1) is 15.0. The Morgan fingerprint density at radius 2 is 2.10 bits per heavy atom. The number of nitrogens with one attached hydrogen (secondary N) is 1. The molecule has 0 fully saturated rings.